The summed E-state index contributed by atoms with van der Waals surface area (Å²) in [6, 6.07) is 21.3. The second kappa shape index (κ2) is 14.6. The first kappa shape index (κ1) is 31.5. The third-order valence-corrected chi connectivity index (χ3v) is 8.91. The van der Waals surface area contributed by atoms with Gasteiger partial charge in [0.25, 0.3) is 5.91 Å². The Morgan fingerprint density at radius 1 is 0.976 bits per heavy atom. The van der Waals surface area contributed by atoms with Crippen molar-refractivity contribution in [3.63, 3.8) is 0 Å². The first-order valence-electron chi connectivity index (χ1n) is 13.8. The van der Waals surface area contributed by atoms with E-state index in [1.54, 1.807) is 12.1 Å². The van der Waals surface area contributed by atoms with Crippen molar-refractivity contribution in [2.45, 2.75) is 31.3 Å². The second-order valence-corrected chi connectivity index (χ2v) is 12.8. The van der Waals surface area contributed by atoms with Crippen LogP contribution >= 0.6 is 11.6 Å². The predicted molar refractivity (Wildman–Crippen MR) is 161 cm³/mol. The van der Waals surface area contributed by atoms with E-state index >= 15 is 0 Å². The quantitative estimate of drug-likeness (QED) is 0.327. The van der Waals surface area contributed by atoms with Gasteiger partial charge in [-0.2, -0.15) is 4.31 Å². The molecule has 42 heavy (non-hydrogen) atoms. The standard InChI is InChI=1S/C31H36ClN3O6S/c1-23(2)20-33-31(37)30(25-6-4-3-5-7-25)35(21-24-8-10-26(32)11-9-24)29(36)22-41-27-12-14-28(15-13-27)42(38,39)34-16-18-40-19-17-34/h3-15,23,30H,16-22H2,1-2H3,(H,33,37). The number of hydrogen-bond acceptors (Lipinski definition) is 6. The van der Waals surface area contributed by atoms with Crippen molar-refractivity contribution in [2.24, 2.45) is 5.92 Å². The van der Waals surface area contributed by atoms with Gasteiger partial charge in [-0.25, -0.2) is 8.42 Å². The fourth-order valence-electron chi connectivity index (χ4n) is 4.49. The van der Waals surface area contributed by atoms with Gasteiger partial charge < -0.3 is 19.7 Å². The van der Waals surface area contributed by atoms with Crippen LogP contribution in [0.25, 0.3) is 0 Å². The molecule has 0 spiro atoms. The van der Waals surface area contributed by atoms with Crippen LogP contribution in [-0.4, -0.2) is 68.9 Å². The van der Waals surface area contributed by atoms with Crippen molar-refractivity contribution in [1.29, 1.82) is 0 Å². The molecule has 1 fully saturated rings. The molecule has 0 bridgehead atoms. The van der Waals surface area contributed by atoms with Gasteiger partial charge in [0.05, 0.1) is 18.1 Å². The maximum Gasteiger partial charge on any atom is 0.261 e. The lowest BCUT2D eigenvalue weighted by Crippen LogP contribution is -2.45. The lowest BCUT2D eigenvalue weighted by atomic mass is 10.0. The smallest absolute Gasteiger partial charge is 0.261 e. The van der Waals surface area contributed by atoms with E-state index in [1.165, 1.54) is 33.5 Å². The van der Waals surface area contributed by atoms with Crippen LogP contribution in [0, 0.1) is 5.92 Å². The molecule has 1 aliphatic rings. The van der Waals surface area contributed by atoms with Crippen LogP contribution < -0.4 is 10.1 Å². The highest BCUT2D eigenvalue weighted by atomic mass is 35.5. The molecule has 1 N–H and O–H groups in total. The van der Waals surface area contributed by atoms with Crippen LogP contribution in [-0.2, 0) is 30.9 Å². The Morgan fingerprint density at radius 2 is 1.62 bits per heavy atom. The van der Waals surface area contributed by atoms with E-state index in [0.717, 1.165) is 5.56 Å². The summed E-state index contributed by atoms with van der Waals surface area (Å²) in [6.07, 6.45) is 0. The average molecular weight is 614 g/mol. The summed E-state index contributed by atoms with van der Waals surface area (Å²) in [5.74, 6) is -0.154. The molecule has 0 aliphatic carbocycles. The van der Waals surface area contributed by atoms with Gasteiger partial charge in [0.1, 0.15) is 11.8 Å². The zero-order valence-corrected chi connectivity index (χ0v) is 25.3. The molecular weight excluding hydrogens is 578 g/mol. The summed E-state index contributed by atoms with van der Waals surface area (Å²) in [5, 5.41) is 3.53. The Bertz CT molecular complexity index is 1430. The third-order valence-electron chi connectivity index (χ3n) is 6.74. The molecule has 1 unspecified atom stereocenters. The number of morpholine rings is 1. The predicted octanol–water partition coefficient (Wildman–Crippen LogP) is 4.28. The van der Waals surface area contributed by atoms with Gasteiger partial charge in [0, 0.05) is 31.2 Å². The Hall–Kier alpha value is -3.44. The number of carbonyl (C=O) groups excluding carboxylic acids is 2. The topological polar surface area (TPSA) is 105 Å². The van der Waals surface area contributed by atoms with Crippen molar-refractivity contribution < 1.29 is 27.5 Å². The fourth-order valence-corrected chi connectivity index (χ4v) is 6.03. The molecule has 3 aromatic rings. The first-order valence-corrected chi connectivity index (χ1v) is 15.6. The van der Waals surface area contributed by atoms with Gasteiger partial charge in [-0.15, -0.1) is 0 Å². The van der Waals surface area contributed by atoms with E-state index in [2.05, 4.69) is 5.32 Å². The summed E-state index contributed by atoms with van der Waals surface area (Å²) < 4.78 is 38.3. The van der Waals surface area contributed by atoms with Crippen LogP contribution in [0.5, 0.6) is 5.75 Å². The first-order chi connectivity index (χ1) is 20.1. The normalized spacial score (nSPS) is 14.8. The van der Waals surface area contributed by atoms with Crippen molar-refractivity contribution in [3.05, 3.63) is 95.0 Å². The molecule has 4 rings (SSSR count). The van der Waals surface area contributed by atoms with Crippen LogP contribution in [0.15, 0.2) is 83.8 Å². The van der Waals surface area contributed by atoms with Gasteiger partial charge >= 0.3 is 0 Å². The van der Waals surface area contributed by atoms with Crippen LogP contribution in [0.2, 0.25) is 5.02 Å². The molecular formula is C31H36ClN3O6S. The molecule has 1 atom stereocenters. The van der Waals surface area contributed by atoms with Crippen molar-refractivity contribution in [3.8, 4) is 5.75 Å². The van der Waals surface area contributed by atoms with E-state index in [0.29, 0.717) is 49.2 Å². The number of hydrogen-bond donors (Lipinski definition) is 1. The largest absolute Gasteiger partial charge is 0.484 e. The number of sulfonamides is 1. The minimum Gasteiger partial charge on any atom is -0.484 e. The van der Waals surface area contributed by atoms with Crippen LogP contribution in [0.3, 0.4) is 0 Å². The Labute approximate surface area is 252 Å². The van der Waals surface area contributed by atoms with Crippen LogP contribution in [0.4, 0.5) is 0 Å². The van der Waals surface area contributed by atoms with Crippen molar-refractivity contribution >= 4 is 33.4 Å². The molecule has 3 aromatic carbocycles. The third kappa shape index (κ3) is 8.32. The van der Waals surface area contributed by atoms with Crippen molar-refractivity contribution in [1.82, 2.24) is 14.5 Å². The molecule has 0 aromatic heterocycles. The van der Waals surface area contributed by atoms with Crippen LogP contribution in [0.1, 0.15) is 31.0 Å². The second-order valence-electron chi connectivity index (χ2n) is 10.4. The molecule has 0 radical (unpaired) electrons. The summed E-state index contributed by atoms with van der Waals surface area (Å²) >= 11 is 6.08. The molecule has 224 valence electrons. The summed E-state index contributed by atoms with van der Waals surface area (Å²) in [4.78, 5) is 28.9. The van der Waals surface area contributed by atoms with Gasteiger partial charge in [0.2, 0.25) is 15.9 Å². The molecule has 9 nitrogen and oxygen atoms in total. The zero-order valence-electron chi connectivity index (χ0n) is 23.7. The van der Waals surface area contributed by atoms with E-state index in [4.69, 9.17) is 21.1 Å². The minimum absolute atomic E-state index is 0.137. The average Bonchev–Trinajstić information content (AvgIpc) is 3.00. The van der Waals surface area contributed by atoms with Crippen molar-refractivity contribution in [2.75, 3.05) is 39.5 Å². The highest BCUT2D eigenvalue weighted by Gasteiger charge is 2.32. The van der Waals surface area contributed by atoms with Gasteiger partial charge in [-0.3, -0.25) is 9.59 Å². The molecule has 1 saturated heterocycles. The maximum atomic E-state index is 13.8. The lowest BCUT2D eigenvalue weighted by molar-refractivity contribution is -0.143. The Morgan fingerprint density at radius 3 is 2.24 bits per heavy atom. The monoisotopic (exact) mass is 613 g/mol. The molecule has 2 amide bonds. The SMILES string of the molecule is CC(C)CNC(=O)C(c1ccccc1)N(Cc1ccc(Cl)cc1)C(=O)COc1ccc(S(=O)(=O)N2CCOCC2)cc1. The fraction of sp³-hybridized carbons (Fsp3) is 0.355. The molecule has 1 aliphatic heterocycles. The molecule has 1 heterocycles. The molecule has 11 heteroatoms. The number of amides is 2. The number of benzene rings is 3. The highest BCUT2D eigenvalue weighted by Crippen LogP contribution is 2.26. The summed E-state index contributed by atoms with van der Waals surface area (Å²) in [6.45, 7) is 5.55. The summed E-state index contributed by atoms with van der Waals surface area (Å²) in [7, 11) is -3.66. The summed E-state index contributed by atoms with van der Waals surface area (Å²) in [5.41, 5.74) is 1.46. The number of nitrogens with one attached hydrogen (secondary N) is 1. The van der Waals surface area contributed by atoms with E-state index in [1.807, 2.05) is 56.3 Å². The van der Waals surface area contributed by atoms with E-state index in [-0.39, 0.29) is 29.9 Å². The minimum atomic E-state index is -3.66. The Kier molecular flexibility index (Phi) is 11.0. The number of rotatable bonds is 12. The highest BCUT2D eigenvalue weighted by molar-refractivity contribution is 7.89. The van der Waals surface area contributed by atoms with Gasteiger partial charge in [0.15, 0.2) is 6.61 Å². The maximum absolute atomic E-state index is 13.8. The number of nitrogens with zero attached hydrogens (tertiary/aromatic N) is 2. The van der Waals surface area contributed by atoms with Gasteiger partial charge in [-0.1, -0.05) is 67.9 Å². The lowest BCUT2D eigenvalue weighted by Gasteiger charge is -2.32. The number of halogens is 1. The Balaban J connectivity index is 1.55. The number of carbonyl (C=O) groups is 2. The van der Waals surface area contributed by atoms with Gasteiger partial charge in [-0.05, 0) is 53.4 Å². The zero-order chi connectivity index (χ0) is 30.1. The van der Waals surface area contributed by atoms with E-state index < -0.39 is 22.0 Å². The number of ether oxygens (including phenoxy) is 2. The van der Waals surface area contributed by atoms with E-state index in [9.17, 15) is 18.0 Å². The molecule has 0 saturated carbocycles.